The monoisotopic (exact) mass is 312 g/mol. The molecule has 1 N–H and O–H groups in total. The lowest BCUT2D eigenvalue weighted by atomic mass is 10.0. The topological polar surface area (TPSA) is 68.3 Å². The van der Waals surface area contributed by atoms with Crippen molar-refractivity contribution in [2.24, 2.45) is 0 Å². The van der Waals surface area contributed by atoms with Crippen LogP contribution in [0.3, 0.4) is 0 Å². The van der Waals surface area contributed by atoms with Crippen LogP contribution in [0.4, 0.5) is 0 Å². The van der Waals surface area contributed by atoms with Gasteiger partial charge < -0.3 is 10.1 Å². The summed E-state index contributed by atoms with van der Waals surface area (Å²) in [4.78, 5) is 4.19. The first-order valence-corrected chi connectivity index (χ1v) is 9.16. The molecule has 118 valence electrons. The number of rotatable bonds is 5. The number of nitrogens with zero attached hydrogens (tertiary/aromatic N) is 1. The molecule has 5 nitrogen and oxygen atoms in total. The largest absolute Gasteiger partial charge is 0.489 e. The van der Waals surface area contributed by atoms with Crippen LogP contribution in [0.1, 0.15) is 44.7 Å². The van der Waals surface area contributed by atoms with Crippen LogP contribution in [0.25, 0.3) is 0 Å². The molecule has 6 heteroatoms. The van der Waals surface area contributed by atoms with Gasteiger partial charge in [-0.05, 0) is 45.4 Å². The minimum atomic E-state index is -3.05. The van der Waals surface area contributed by atoms with Crippen molar-refractivity contribution in [1.29, 1.82) is 0 Å². The minimum Gasteiger partial charge on any atom is -0.489 e. The van der Waals surface area contributed by atoms with Gasteiger partial charge in [-0.2, -0.15) is 0 Å². The molecule has 0 radical (unpaired) electrons. The Bertz CT molecular complexity index is 572. The van der Waals surface area contributed by atoms with Crippen LogP contribution in [0.15, 0.2) is 18.5 Å². The van der Waals surface area contributed by atoms with E-state index in [2.05, 4.69) is 10.3 Å². The lowest BCUT2D eigenvalue weighted by Gasteiger charge is -2.30. The van der Waals surface area contributed by atoms with Gasteiger partial charge in [0.1, 0.15) is 5.75 Å². The number of nitrogens with one attached hydrogen (secondary N) is 1. The molecule has 0 aromatic carbocycles. The van der Waals surface area contributed by atoms with Gasteiger partial charge in [0.2, 0.25) is 0 Å². The highest BCUT2D eigenvalue weighted by molar-refractivity contribution is 7.92. The summed E-state index contributed by atoms with van der Waals surface area (Å²) in [5.41, 5.74) is 0.867. The third kappa shape index (κ3) is 3.95. The summed E-state index contributed by atoms with van der Waals surface area (Å²) >= 11 is 0. The van der Waals surface area contributed by atoms with E-state index in [0.29, 0.717) is 12.2 Å². The van der Waals surface area contributed by atoms with Gasteiger partial charge in [0.05, 0.1) is 29.3 Å². The molecule has 2 unspecified atom stereocenters. The first-order chi connectivity index (χ1) is 9.94. The second kappa shape index (κ2) is 6.75. The maximum absolute atomic E-state index is 12.3. The average molecular weight is 312 g/mol. The van der Waals surface area contributed by atoms with Gasteiger partial charge in [0.25, 0.3) is 0 Å². The van der Waals surface area contributed by atoms with Crippen LogP contribution in [-0.4, -0.2) is 37.6 Å². The Morgan fingerprint density at radius 1 is 1.33 bits per heavy atom. The van der Waals surface area contributed by atoms with Gasteiger partial charge in [-0.25, -0.2) is 8.42 Å². The predicted octanol–water partition coefficient (Wildman–Crippen LogP) is 2.10. The summed E-state index contributed by atoms with van der Waals surface area (Å²) in [5.74, 6) is 0.960. The Hall–Kier alpha value is -1.14. The van der Waals surface area contributed by atoms with Crippen molar-refractivity contribution < 1.29 is 13.2 Å². The molecule has 1 aliphatic rings. The van der Waals surface area contributed by atoms with Gasteiger partial charge in [-0.3, -0.25) is 4.98 Å². The van der Waals surface area contributed by atoms with Crippen LogP contribution in [-0.2, 0) is 9.84 Å². The molecule has 1 fully saturated rings. The molecule has 1 aromatic heterocycles. The molecule has 2 atom stereocenters. The van der Waals surface area contributed by atoms with Crippen molar-refractivity contribution in [1.82, 2.24) is 10.3 Å². The Morgan fingerprint density at radius 3 is 2.71 bits per heavy atom. The van der Waals surface area contributed by atoms with Crippen LogP contribution in [0.5, 0.6) is 5.75 Å². The molecule has 1 saturated heterocycles. The van der Waals surface area contributed by atoms with E-state index in [1.54, 1.807) is 19.4 Å². The first-order valence-electron chi connectivity index (χ1n) is 7.44. The molecule has 1 aromatic rings. The summed E-state index contributed by atoms with van der Waals surface area (Å²) in [6, 6.07) is 1.65. The molecule has 21 heavy (non-hydrogen) atoms. The lowest BCUT2D eigenvalue weighted by Crippen LogP contribution is -2.39. The van der Waals surface area contributed by atoms with Crippen molar-refractivity contribution in [3.63, 3.8) is 0 Å². The van der Waals surface area contributed by atoms with E-state index in [9.17, 15) is 8.42 Å². The van der Waals surface area contributed by atoms with Crippen molar-refractivity contribution in [3.05, 3.63) is 24.0 Å². The molecule has 2 rings (SSSR count). The fraction of sp³-hybridized carbons (Fsp3) is 0.667. The van der Waals surface area contributed by atoms with Crippen molar-refractivity contribution >= 4 is 9.84 Å². The molecule has 0 saturated carbocycles. The highest BCUT2D eigenvalue weighted by Gasteiger charge is 2.35. The molecular weight excluding hydrogens is 288 g/mol. The normalized spacial score (nSPS) is 23.0. The highest BCUT2D eigenvalue weighted by atomic mass is 32.2. The number of hydrogen-bond acceptors (Lipinski definition) is 5. The van der Waals surface area contributed by atoms with Crippen molar-refractivity contribution in [3.8, 4) is 5.75 Å². The fourth-order valence-electron chi connectivity index (χ4n) is 2.86. The Labute approximate surface area is 127 Å². The summed E-state index contributed by atoms with van der Waals surface area (Å²) in [6.07, 6.45) is 5.86. The average Bonchev–Trinajstić information content (AvgIpc) is 2.41. The molecule has 2 heterocycles. The Morgan fingerprint density at radius 2 is 2.10 bits per heavy atom. The van der Waals surface area contributed by atoms with Gasteiger partial charge in [0.15, 0.2) is 9.84 Å². The van der Waals surface area contributed by atoms with Crippen LogP contribution >= 0.6 is 0 Å². The molecule has 0 spiro atoms. The first kappa shape index (κ1) is 16.2. The SMILES string of the molecule is CNC(c1cncc(OC(C)C)c1)C1CCCCS1(=O)=O. The third-order valence-electron chi connectivity index (χ3n) is 3.78. The molecule has 0 aliphatic carbocycles. The van der Waals surface area contributed by atoms with Crippen molar-refractivity contribution in [2.45, 2.75) is 50.5 Å². The second-order valence-corrected chi connectivity index (χ2v) is 8.13. The second-order valence-electron chi connectivity index (χ2n) is 5.79. The fourth-order valence-corrected chi connectivity index (χ4v) is 5.01. The van der Waals surface area contributed by atoms with Crippen molar-refractivity contribution in [2.75, 3.05) is 12.8 Å². The molecule has 1 aliphatic heterocycles. The van der Waals surface area contributed by atoms with E-state index in [1.807, 2.05) is 19.9 Å². The van der Waals surface area contributed by atoms with Gasteiger partial charge in [0, 0.05) is 6.20 Å². The van der Waals surface area contributed by atoms with Crippen LogP contribution in [0.2, 0.25) is 0 Å². The van der Waals surface area contributed by atoms with E-state index in [4.69, 9.17) is 4.74 Å². The van der Waals surface area contributed by atoms with E-state index in [-0.39, 0.29) is 23.1 Å². The van der Waals surface area contributed by atoms with E-state index < -0.39 is 9.84 Å². The predicted molar refractivity (Wildman–Crippen MR) is 83.2 cm³/mol. The van der Waals surface area contributed by atoms with E-state index in [0.717, 1.165) is 18.4 Å². The summed E-state index contributed by atoms with van der Waals surface area (Å²) in [7, 11) is -1.25. The number of hydrogen-bond donors (Lipinski definition) is 1. The highest BCUT2D eigenvalue weighted by Crippen LogP contribution is 2.31. The number of sulfone groups is 1. The minimum absolute atomic E-state index is 0.0634. The Balaban J connectivity index is 2.28. The number of aromatic nitrogens is 1. The van der Waals surface area contributed by atoms with Crippen LogP contribution < -0.4 is 10.1 Å². The number of ether oxygens (including phenoxy) is 1. The number of pyridine rings is 1. The standard InChI is InChI=1S/C15H24N2O3S/c1-11(2)20-13-8-12(9-17-10-13)15(16-3)14-6-4-5-7-21(14,18)19/h8-11,14-16H,4-7H2,1-3H3. The molecule has 0 bridgehead atoms. The maximum Gasteiger partial charge on any atom is 0.155 e. The molecule has 0 amide bonds. The van der Waals surface area contributed by atoms with Gasteiger partial charge in [-0.15, -0.1) is 0 Å². The zero-order valence-electron chi connectivity index (χ0n) is 12.9. The van der Waals surface area contributed by atoms with Crippen LogP contribution in [0, 0.1) is 0 Å². The van der Waals surface area contributed by atoms with Gasteiger partial charge in [-0.1, -0.05) is 6.42 Å². The Kier molecular flexibility index (Phi) is 5.22. The van der Waals surface area contributed by atoms with E-state index >= 15 is 0 Å². The summed E-state index contributed by atoms with van der Waals surface area (Å²) in [5, 5.41) is 2.77. The maximum atomic E-state index is 12.3. The third-order valence-corrected chi connectivity index (χ3v) is 6.06. The van der Waals surface area contributed by atoms with Gasteiger partial charge >= 0.3 is 0 Å². The smallest absolute Gasteiger partial charge is 0.155 e. The quantitative estimate of drug-likeness (QED) is 0.902. The zero-order valence-corrected chi connectivity index (χ0v) is 13.7. The molecular formula is C15H24N2O3S. The summed E-state index contributed by atoms with van der Waals surface area (Å²) < 4.78 is 30.3. The van der Waals surface area contributed by atoms with E-state index in [1.165, 1.54) is 0 Å². The lowest BCUT2D eigenvalue weighted by molar-refractivity contribution is 0.241. The summed E-state index contributed by atoms with van der Waals surface area (Å²) in [6.45, 7) is 3.90. The zero-order chi connectivity index (χ0) is 15.5.